The molecule has 2 amide bonds. The summed E-state index contributed by atoms with van der Waals surface area (Å²) < 4.78 is 18.4. The topological polar surface area (TPSA) is 109 Å². The average Bonchev–Trinajstić information content (AvgIpc) is 2.95. The Morgan fingerprint density at radius 2 is 1.79 bits per heavy atom. The first-order valence-electron chi connectivity index (χ1n) is 13.9. The standard InChI is InChI=1S/C30H41N3O6/c1-22(35)31-13-4-2-3-8-29(36)32-26-7-5-6-25(18-26)30-38-27(20-33-14-16-37-17-15-33)19-28(39-30)24-11-9-23(21-34)10-12-24/h5-7,9-12,18,27-28,30,34H,2-4,8,13-17,19-21H2,1H3,(H,31,35)(H,32,36). The number of unbranched alkanes of at least 4 members (excludes halogenated alkanes) is 2. The zero-order valence-electron chi connectivity index (χ0n) is 22.8. The van der Waals surface area contributed by atoms with Gasteiger partial charge >= 0.3 is 0 Å². The lowest BCUT2D eigenvalue weighted by molar-refractivity contribution is -0.253. The van der Waals surface area contributed by atoms with Crippen molar-refractivity contribution in [3.05, 3.63) is 65.2 Å². The number of hydrogen-bond acceptors (Lipinski definition) is 7. The van der Waals surface area contributed by atoms with Crippen LogP contribution in [0.5, 0.6) is 0 Å². The van der Waals surface area contributed by atoms with Crippen molar-refractivity contribution in [1.82, 2.24) is 10.2 Å². The minimum Gasteiger partial charge on any atom is -0.392 e. The van der Waals surface area contributed by atoms with E-state index in [1.54, 1.807) is 0 Å². The van der Waals surface area contributed by atoms with Gasteiger partial charge in [-0.1, -0.05) is 42.8 Å². The molecule has 0 radical (unpaired) electrons. The molecule has 0 aliphatic carbocycles. The van der Waals surface area contributed by atoms with Crippen molar-refractivity contribution in [3.8, 4) is 0 Å². The van der Waals surface area contributed by atoms with Crippen LogP contribution >= 0.6 is 0 Å². The van der Waals surface area contributed by atoms with Crippen LogP contribution in [0.4, 0.5) is 5.69 Å². The summed E-state index contributed by atoms with van der Waals surface area (Å²) in [4.78, 5) is 25.8. The average molecular weight is 540 g/mol. The maximum absolute atomic E-state index is 12.5. The van der Waals surface area contributed by atoms with E-state index in [1.165, 1.54) is 6.92 Å². The molecule has 3 unspecified atom stereocenters. The third-order valence-electron chi connectivity index (χ3n) is 7.08. The van der Waals surface area contributed by atoms with Gasteiger partial charge in [0.25, 0.3) is 0 Å². The number of amides is 2. The highest BCUT2D eigenvalue weighted by Gasteiger charge is 2.33. The van der Waals surface area contributed by atoms with Gasteiger partial charge in [-0.2, -0.15) is 0 Å². The second-order valence-electron chi connectivity index (χ2n) is 10.2. The highest BCUT2D eigenvalue weighted by molar-refractivity contribution is 5.90. The number of ether oxygens (including phenoxy) is 3. The Morgan fingerprint density at radius 1 is 1.00 bits per heavy atom. The molecule has 2 aliphatic heterocycles. The van der Waals surface area contributed by atoms with Crippen LogP contribution in [0.1, 0.15) is 68.1 Å². The third kappa shape index (κ3) is 9.40. The van der Waals surface area contributed by atoms with Gasteiger partial charge in [0.05, 0.1) is 32.0 Å². The normalized spacial score (nSPS) is 21.8. The molecule has 4 rings (SSSR count). The number of morpholine rings is 1. The van der Waals surface area contributed by atoms with Crippen molar-refractivity contribution in [2.75, 3.05) is 44.7 Å². The quantitative estimate of drug-likeness (QED) is 0.353. The van der Waals surface area contributed by atoms with E-state index in [4.69, 9.17) is 14.2 Å². The Morgan fingerprint density at radius 3 is 2.54 bits per heavy atom. The summed E-state index contributed by atoms with van der Waals surface area (Å²) in [5, 5.41) is 15.2. The molecule has 2 aromatic rings. The number of anilines is 1. The zero-order chi connectivity index (χ0) is 27.5. The maximum atomic E-state index is 12.5. The molecule has 39 heavy (non-hydrogen) atoms. The molecule has 212 valence electrons. The van der Waals surface area contributed by atoms with E-state index in [0.717, 1.165) is 75.2 Å². The fourth-order valence-corrected chi connectivity index (χ4v) is 4.94. The number of carbonyl (C=O) groups excluding carboxylic acids is 2. The molecule has 2 aromatic carbocycles. The fraction of sp³-hybridized carbons (Fsp3) is 0.533. The molecule has 9 nitrogen and oxygen atoms in total. The predicted molar refractivity (Wildman–Crippen MR) is 148 cm³/mol. The van der Waals surface area contributed by atoms with Crippen LogP contribution in [0.2, 0.25) is 0 Å². The van der Waals surface area contributed by atoms with Gasteiger partial charge in [0.2, 0.25) is 11.8 Å². The molecule has 0 bridgehead atoms. The Hall–Kier alpha value is -2.82. The molecular formula is C30H41N3O6. The molecule has 0 aromatic heterocycles. The summed E-state index contributed by atoms with van der Waals surface area (Å²) in [6, 6.07) is 15.5. The van der Waals surface area contributed by atoms with Crippen molar-refractivity contribution in [3.63, 3.8) is 0 Å². The first-order valence-corrected chi connectivity index (χ1v) is 13.9. The third-order valence-corrected chi connectivity index (χ3v) is 7.08. The Balaban J connectivity index is 1.38. The Bertz CT molecular complexity index is 1060. The lowest BCUT2D eigenvalue weighted by Crippen LogP contribution is -2.44. The summed E-state index contributed by atoms with van der Waals surface area (Å²) >= 11 is 0. The van der Waals surface area contributed by atoms with Crippen LogP contribution in [0.3, 0.4) is 0 Å². The number of aliphatic hydroxyl groups excluding tert-OH is 1. The Kier molecular flexibility index (Phi) is 11.3. The smallest absolute Gasteiger partial charge is 0.224 e. The predicted octanol–water partition coefficient (Wildman–Crippen LogP) is 3.69. The van der Waals surface area contributed by atoms with Gasteiger partial charge < -0.3 is 30.0 Å². The fourth-order valence-electron chi connectivity index (χ4n) is 4.94. The van der Waals surface area contributed by atoms with E-state index in [0.29, 0.717) is 18.7 Å². The summed E-state index contributed by atoms with van der Waals surface area (Å²) in [6.45, 7) is 6.18. The molecular weight excluding hydrogens is 498 g/mol. The van der Waals surface area contributed by atoms with Gasteiger partial charge in [-0.05, 0) is 36.1 Å². The van der Waals surface area contributed by atoms with Crippen LogP contribution in [0.15, 0.2) is 48.5 Å². The van der Waals surface area contributed by atoms with Crippen LogP contribution in [0, 0.1) is 0 Å². The number of rotatable bonds is 12. The lowest BCUT2D eigenvalue weighted by atomic mass is 9.99. The van der Waals surface area contributed by atoms with Gasteiger partial charge in [-0.25, -0.2) is 0 Å². The van der Waals surface area contributed by atoms with Crippen LogP contribution in [0.25, 0.3) is 0 Å². The molecule has 9 heteroatoms. The SMILES string of the molecule is CC(=O)NCCCCCC(=O)Nc1cccc(C2OC(CN3CCOCC3)CC(c3ccc(CO)cc3)O2)c1. The minimum atomic E-state index is -0.571. The summed E-state index contributed by atoms with van der Waals surface area (Å²) in [5.74, 6) is -0.0684. The molecule has 3 atom stereocenters. The van der Waals surface area contributed by atoms with Gasteiger partial charge in [0.1, 0.15) is 0 Å². The molecule has 3 N–H and O–H groups in total. The van der Waals surface area contributed by atoms with Crippen LogP contribution < -0.4 is 10.6 Å². The van der Waals surface area contributed by atoms with Gasteiger partial charge in [-0.15, -0.1) is 0 Å². The maximum Gasteiger partial charge on any atom is 0.224 e. The number of aliphatic hydroxyl groups is 1. The zero-order valence-corrected chi connectivity index (χ0v) is 22.8. The second kappa shape index (κ2) is 15.1. The number of nitrogens with one attached hydrogen (secondary N) is 2. The number of benzene rings is 2. The largest absolute Gasteiger partial charge is 0.392 e. The number of nitrogens with zero attached hydrogens (tertiary/aromatic N) is 1. The van der Waals surface area contributed by atoms with Crippen LogP contribution in [-0.2, 0) is 30.4 Å². The second-order valence-corrected chi connectivity index (χ2v) is 10.2. The molecule has 2 aliphatic rings. The van der Waals surface area contributed by atoms with Crippen molar-refractivity contribution >= 4 is 17.5 Å². The molecule has 2 saturated heterocycles. The van der Waals surface area contributed by atoms with Crippen molar-refractivity contribution < 1.29 is 28.9 Å². The lowest BCUT2D eigenvalue weighted by Gasteiger charge is -2.39. The van der Waals surface area contributed by atoms with Crippen molar-refractivity contribution in [2.45, 2.75) is 64.1 Å². The minimum absolute atomic E-state index is 0.00673. The summed E-state index contributed by atoms with van der Waals surface area (Å²) in [7, 11) is 0. The first kappa shape index (κ1) is 29.2. The van der Waals surface area contributed by atoms with E-state index in [-0.39, 0.29) is 30.6 Å². The number of hydrogen-bond donors (Lipinski definition) is 3. The summed E-state index contributed by atoms with van der Waals surface area (Å²) in [5.41, 5.74) is 3.48. The highest BCUT2D eigenvalue weighted by Crippen LogP contribution is 2.38. The number of carbonyl (C=O) groups is 2. The van der Waals surface area contributed by atoms with Crippen molar-refractivity contribution in [2.24, 2.45) is 0 Å². The first-order chi connectivity index (χ1) is 19.0. The Labute approximate surface area is 230 Å². The van der Waals surface area contributed by atoms with E-state index in [1.807, 2.05) is 48.5 Å². The van der Waals surface area contributed by atoms with E-state index < -0.39 is 6.29 Å². The molecule has 2 fully saturated rings. The van der Waals surface area contributed by atoms with Crippen molar-refractivity contribution in [1.29, 1.82) is 0 Å². The van der Waals surface area contributed by atoms with Crippen LogP contribution in [-0.4, -0.2) is 67.3 Å². The highest BCUT2D eigenvalue weighted by atomic mass is 16.7. The van der Waals surface area contributed by atoms with E-state index >= 15 is 0 Å². The summed E-state index contributed by atoms with van der Waals surface area (Å²) in [6.07, 6.45) is 2.90. The molecule has 0 saturated carbocycles. The van der Waals surface area contributed by atoms with Gasteiger partial charge in [0.15, 0.2) is 6.29 Å². The van der Waals surface area contributed by atoms with E-state index in [2.05, 4.69) is 15.5 Å². The van der Waals surface area contributed by atoms with E-state index in [9.17, 15) is 14.7 Å². The van der Waals surface area contributed by atoms with Gasteiger partial charge in [-0.3, -0.25) is 14.5 Å². The molecule has 0 spiro atoms. The van der Waals surface area contributed by atoms with Gasteiger partial charge in [0, 0.05) is 57.2 Å². The monoisotopic (exact) mass is 539 g/mol. The molecule has 2 heterocycles.